The number of aromatic nitrogens is 2. The molecule has 4 nitrogen and oxygen atoms in total. The SMILES string of the molecule is Cc1[nH]c2cc(F)ccc2c1C(=O)N(C)CCc1ccncc1. The number of benzene rings is 1. The number of amides is 1. The van der Waals surface area contributed by atoms with Crippen LogP contribution in [-0.4, -0.2) is 34.4 Å². The summed E-state index contributed by atoms with van der Waals surface area (Å²) in [5.41, 5.74) is 3.15. The van der Waals surface area contributed by atoms with E-state index in [2.05, 4.69) is 9.97 Å². The summed E-state index contributed by atoms with van der Waals surface area (Å²) in [6, 6.07) is 8.33. The molecule has 0 bridgehead atoms. The number of nitrogens with one attached hydrogen (secondary N) is 1. The molecule has 3 aromatic rings. The largest absolute Gasteiger partial charge is 0.358 e. The van der Waals surface area contributed by atoms with Crippen molar-refractivity contribution in [3.05, 3.63) is 65.4 Å². The third kappa shape index (κ3) is 3.08. The molecule has 0 saturated carbocycles. The van der Waals surface area contributed by atoms with Crippen LogP contribution < -0.4 is 0 Å². The highest BCUT2D eigenvalue weighted by molar-refractivity contribution is 6.08. The zero-order valence-electron chi connectivity index (χ0n) is 13.1. The van der Waals surface area contributed by atoms with Crippen LogP contribution in [0.15, 0.2) is 42.7 Å². The Kier molecular flexibility index (Phi) is 4.10. The van der Waals surface area contributed by atoms with Crippen molar-refractivity contribution in [1.82, 2.24) is 14.9 Å². The molecule has 0 aliphatic heterocycles. The Bertz CT molecular complexity index is 842. The van der Waals surface area contributed by atoms with E-state index in [1.165, 1.54) is 12.1 Å². The van der Waals surface area contributed by atoms with Gasteiger partial charge in [0.25, 0.3) is 5.91 Å². The number of likely N-dealkylation sites (N-methyl/N-ethyl adjacent to an activating group) is 1. The third-order valence-electron chi connectivity index (χ3n) is 3.99. The van der Waals surface area contributed by atoms with Crippen LogP contribution in [0.4, 0.5) is 4.39 Å². The Morgan fingerprint density at radius 3 is 2.74 bits per heavy atom. The standard InChI is InChI=1S/C18H18FN3O/c1-12-17(15-4-3-14(19)11-16(15)21-12)18(23)22(2)10-7-13-5-8-20-9-6-13/h3-6,8-9,11,21H,7,10H2,1-2H3. The molecule has 0 aliphatic carbocycles. The molecule has 0 fully saturated rings. The molecular formula is C18H18FN3O. The molecule has 23 heavy (non-hydrogen) atoms. The predicted molar refractivity (Wildman–Crippen MR) is 87.9 cm³/mol. The van der Waals surface area contributed by atoms with Crippen molar-refractivity contribution >= 4 is 16.8 Å². The lowest BCUT2D eigenvalue weighted by molar-refractivity contribution is 0.0798. The van der Waals surface area contributed by atoms with Crippen molar-refractivity contribution in [2.45, 2.75) is 13.3 Å². The van der Waals surface area contributed by atoms with Gasteiger partial charge >= 0.3 is 0 Å². The van der Waals surface area contributed by atoms with E-state index in [9.17, 15) is 9.18 Å². The van der Waals surface area contributed by atoms with E-state index in [1.807, 2.05) is 19.1 Å². The first-order chi connectivity index (χ1) is 11.1. The molecule has 1 N–H and O–H groups in total. The molecule has 1 aromatic carbocycles. The van der Waals surface area contributed by atoms with Gasteiger partial charge in [0, 0.05) is 42.6 Å². The summed E-state index contributed by atoms with van der Waals surface area (Å²) in [6.07, 6.45) is 4.26. The smallest absolute Gasteiger partial charge is 0.256 e. The van der Waals surface area contributed by atoms with Gasteiger partial charge in [0.1, 0.15) is 5.82 Å². The van der Waals surface area contributed by atoms with Gasteiger partial charge in [0.2, 0.25) is 0 Å². The van der Waals surface area contributed by atoms with Crippen molar-refractivity contribution in [3.63, 3.8) is 0 Å². The van der Waals surface area contributed by atoms with E-state index >= 15 is 0 Å². The molecule has 0 radical (unpaired) electrons. The van der Waals surface area contributed by atoms with Crippen LogP contribution in [-0.2, 0) is 6.42 Å². The van der Waals surface area contributed by atoms with E-state index in [-0.39, 0.29) is 11.7 Å². The monoisotopic (exact) mass is 311 g/mol. The van der Waals surface area contributed by atoms with Crippen LogP contribution in [0.5, 0.6) is 0 Å². The maximum atomic E-state index is 13.3. The van der Waals surface area contributed by atoms with E-state index in [0.29, 0.717) is 17.6 Å². The first-order valence-corrected chi connectivity index (χ1v) is 7.48. The average molecular weight is 311 g/mol. The molecule has 0 aliphatic rings. The first kappa shape index (κ1) is 15.2. The zero-order valence-corrected chi connectivity index (χ0v) is 13.1. The molecule has 3 rings (SSSR count). The fourth-order valence-electron chi connectivity index (χ4n) is 2.72. The summed E-state index contributed by atoms with van der Waals surface area (Å²) in [5.74, 6) is -0.377. The molecule has 2 heterocycles. The van der Waals surface area contributed by atoms with Crippen LogP contribution in [0, 0.1) is 12.7 Å². The van der Waals surface area contributed by atoms with Crippen molar-refractivity contribution in [1.29, 1.82) is 0 Å². The maximum absolute atomic E-state index is 13.3. The van der Waals surface area contributed by atoms with Gasteiger partial charge in [-0.1, -0.05) is 0 Å². The van der Waals surface area contributed by atoms with Crippen molar-refractivity contribution in [2.75, 3.05) is 13.6 Å². The van der Waals surface area contributed by atoms with E-state index in [0.717, 1.165) is 23.1 Å². The van der Waals surface area contributed by atoms with Gasteiger partial charge in [-0.3, -0.25) is 9.78 Å². The summed E-state index contributed by atoms with van der Waals surface area (Å²) >= 11 is 0. The topological polar surface area (TPSA) is 49.0 Å². The van der Waals surface area contributed by atoms with Gasteiger partial charge in [0.05, 0.1) is 5.56 Å². The number of aromatic amines is 1. The summed E-state index contributed by atoms with van der Waals surface area (Å²) in [4.78, 5) is 21.5. The molecule has 0 atom stereocenters. The van der Waals surface area contributed by atoms with Crippen molar-refractivity contribution in [3.8, 4) is 0 Å². The van der Waals surface area contributed by atoms with Gasteiger partial charge in [0.15, 0.2) is 0 Å². The van der Waals surface area contributed by atoms with Gasteiger partial charge in [-0.15, -0.1) is 0 Å². The number of H-pyrrole nitrogens is 1. The summed E-state index contributed by atoms with van der Waals surface area (Å²) in [7, 11) is 1.78. The van der Waals surface area contributed by atoms with Gasteiger partial charge in [-0.05, 0) is 49.2 Å². The Labute approximate surface area is 134 Å². The number of carbonyl (C=O) groups is 1. The minimum atomic E-state index is -0.316. The number of nitrogens with zero attached hydrogens (tertiary/aromatic N) is 2. The van der Waals surface area contributed by atoms with Gasteiger partial charge in [-0.25, -0.2) is 4.39 Å². The van der Waals surface area contributed by atoms with Crippen LogP contribution in [0.3, 0.4) is 0 Å². The highest BCUT2D eigenvalue weighted by Crippen LogP contribution is 2.24. The second kappa shape index (κ2) is 6.20. The summed E-state index contributed by atoms with van der Waals surface area (Å²) in [6.45, 7) is 2.44. The molecule has 2 aromatic heterocycles. The van der Waals surface area contributed by atoms with Crippen LogP contribution in [0.25, 0.3) is 10.9 Å². The van der Waals surface area contributed by atoms with Crippen LogP contribution in [0.2, 0.25) is 0 Å². The van der Waals surface area contributed by atoms with E-state index in [1.54, 1.807) is 30.4 Å². The Morgan fingerprint density at radius 2 is 2.00 bits per heavy atom. The minimum absolute atomic E-state index is 0.0607. The number of aryl methyl sites for hydroxylation is 1. The fourth-order valence-corrected chi connectivity index (χ4v) is 2.72. The fraction of sp³-hybridized carbons (Fsp3) is 0.222. The minimum Gasteiger partial charge on any atom is -0.358 e. The predicted octanol–water partition coefficient (Wildman–Crippen LogP) is 3.33. The number of halogens is 1. The molecule has 0 saturated heterocycles. The molecule has 118 valence electrons. The summed E-state index contributed by atoms with van der Waals surface area (Å²) < 4.78 is 13.3. The molecule has 1 amide bonds. The first-order valence-electron chi connectivity index (χ1n) is 7.48. The van der Waals surface area contributed by atoms with E-state index in [4.69, 9.17) is 0 Å². The number of carbonyl (C=O) groups excluding carboxylic acids is 1. The number of hydrogen-bond donors (Lipinski definition) is 1. The molecular weight excluding hydrogens is 293 g/mol. The van der Waals surface area contributed by atoms with Crippen LogP contribution >= 0.6 is 0 Å². The number of hydrogen-bond acceptors (Lipinski definition) is 2. The normalized spacial score (nSPS) is 10.9. The third-order valence-corrected chi connectivity index (χ3v) is 3.99. The quantitative estimate of drug-likeness (QED) is 0.803. The van der Waals surface area contributed by atoms with Gasteiger partial charge in [-0.2, -0.15) is 0 Å². The molecule has 5 heteroatoms. The zero-order chi connectivity index (χ0) is 16.4. The second-order valence-corrected chi connectivity index (χ2v) is 5.65. The number of pyridine rings is 1. The van der Waals surface area contributed by atoms with Crippen molar-refractivity contribution < 1.29 is 9.18 Å². The maximum Gasteiger partial charge on any atom is 0.256 e. The lowest BCUT2D eigenvalue weighted by Gasteiger charge is -2.17. The highest BCUT2D eigenvalue weighted by atomic mass is 19.1. The summed E-state index contributed by atoms with van der Waals surface area (Å²) in [5, 5.41) is 0.754. The molecule has 0 unspecified atom stereocenters. The van der Waals surface area contributed by atoms with Crippen molar-refractivity contribution in [2.24, 2.45) is 0 Å². The van der Waals surface area contributed by atoms with E-state index < -0.39 is 0 Å². The highest BCUT2D eigenvalue weighted by Gasteiger charge is 2.19. The second-order valence-electron chi connectivity index (χ2n) is 5.65. The van der Waals surface area contributed by atoms with Gasteiger partial charge < -0.3 is 9.88 Å². The molecule has 0 spiro atoms. The van der Waals surface area contributed by atoms with Crippen LogP contribution in [0.1, 0.15) is 21.6 Å². The lowest BCUT2D eigenvalue weighted by Crippen LogP contribution is -2.29. The number of fused-ring (bicyclic) bond motifs is 1. The number of rotatable bonds is 4. The average Bonchev–Trinajstić information content (AvgIpc) is 2.87. The Morgan fingerprint density at radius 1 is 1.26 bits per heavy atom. The lowest BCUT2D eigenvalue weighted by atomic mass is 10.1. The Balaban J connectivity index is 1.81. The Hall–Kier alpha value is -2.69.